The Kier molecular flexibility index (Phi) is 7.52. The summed E-state index contributed by atoms with van der Waals surface area (Å²) in [4.78, 5) is 23.4. The van der Waals surface area contributed by atoms with Gasteiger partial charge in [-0.3, -0.25) is 14.7 Å². The van der Waals surface area contributed by atoms with Crippen molar-refractivity contribution in [2.45, 2.75) is 52.1 Å². The van der Waals surface area contributed by atoms with Crippen molar-refractivity contribution in [1.29, 1.82) is 0 Å². The summed E-state index contributed by atoms with van der Waals surface area (Å²) < 4.78 is 29.3. The molecule has 0 amide bonds. The van der Waals surface area contributed by atoms with Crippen molar-refractivity contribution in [2.75, 3.05) is 18.4 Å². The molecule has 35 heavy (non-hydrogen) atoms. The standard InChI is InChI=1S/C26H29ClF2N4O2/c1-3-18-12-26(25(34)35,9-10-33(18)15-17-5-4-6-19(27)24(17)29)13-21-20(28)7-8-22(31-21)32-23-11-16(2)14-30-23/h4-8,11,18H,3,9-10,12-15H2,1-2H3,(H,34,35)(H,30,31,32). The third-order valence-corrected chi connectivity index (χ3v) is 7.20. The summed E-state index contributed by atoms with van der Waals surface area (Å²) in [6, 6.07) is 7.62. The first kappa shape index (κ1) is 25.3. The van der Waals surface area contributed by atoms with Gasteiger partial charge in [-0.1, -0.05) is 30.7 Å². The Labute approximate surface area is 208 Å². The molecular formula is C26H29ClF2N4O2. The molecule has 0 aliphatic carbocycles. The molecule has 1 aromatic heterocycles. The number of aliphatic imine (C=N–C) groups is 1. The topological polar surface area (TPSA) is 77.8 Å². The van der Waals surface area contributed by atoms with Crippen LogP contribution in [0.4, 0.5) is 14.6 Å². The number of hydrogen-bond acceptors (Lipinski definition) is 5. The molecule has 3 heterocycles. The smallest absolute Gasteiger partial charge is 0.310 e. The number of piperidine rings is 1. The van der Waals surface area contributed by atoms with Gasteiger partial charge in [-0.2, -0.15) is 0 Å². The van der Waals surface area contributed by atoms with Gasteiger partial charge in [0, 0.05) is 24.6 Å². The molecule has 2 N–H and O–H groups in total. The minimum atomic E-state index is -1.17. The van der Waals surface area contributed by atoms with Gasteiger partial charge in [0.15, 0.2) is 0 Å². The second-order valence-corrected chi connectivity index (χ2v) is 9.81. The lowest BCUT2D eigenvalue weighted by Gasteiger charge is -2.44. The highest BCUT2D eigenvalue weighted by molar-refractivity contribution is 6.30. The van der Waals surface area contributed by atoms with Crippen LogP contribution in [0.25, 0.3) is 0 Å². The molecule has 9 heteroatoms. The van der Waals surface area contributed by atoms with Crippen LogP contribution in [0.1, 0.15) is 44.4 Å². The third-order valence-electron chi connectivity index (χ3n) is 6.91. The van der Waals surface area contributed by atoms with Gasteiger partial charge in [-0.05, 0) is 62.6 Å². The molecule has 0 spiro atoms. The van der Waals surface area contributed by atoms with Crippen LogP contribution in [0.5, 0.6) is 0 Å². The molecule has 2 atom stereocenters. The maximum atomic E-state index is 14.8. The summed E-state index contributed by atoms with van der Waals surface area (Å²) >= 11 is 5.94. The zero-order chi connectivity index (χ0) is 25.2. The van der Waals surface area contributed by atoms with E-state index >= 15 is 0 Å². The fourth-order valence-electron chi connectivity index (χ4n) is 4.89. The van der Waals surface area contributed by atoms with E-state index < -0.39 is 23.0 Å². The van der Waals surface area contributed by atoms with Gasteiger partial charge in [0.25, 0.3) is 0 Å². The Balaban J connectivity index is 1.54. The molecule has 0 saturated carbocycles. The van der Waals surface area contributed by atoms with Crippen molar-refractivity contribution in [3.63, 3.8) is 0 Å². The van der Waals surface area contributed by atoms with Gasteiger partial charge in [-0.15, -0.1) is 0 Å². The SMILES string of the molecule is CCC1CC(Cc2nc(NC3=NCC(C)=C3)ccc2F)(C(=O)O)CCN1Cc1cccc(Cl)c1F. The fraction of sp³-hybridized carbons (Fsp3) is 0.423. The highest BCUT2D eigenvalue weighted by Crippen LogP contribution is 2.40. The fourth-order valence-corrected chi connectivity index (χ4v) is 5.09. The Morgan fingerprint density at radius 2 is 2.11 bits per heavy atom. The Bertz CT molecular complexity index is 1190. The number of halogens is 3. The number of pyridine rings is 1. The second kappa shape index (κ2) is 10.4. The molecule has 186 valence electrons. The lowest BCUT2D eigenvalue weighted by atomic mass is 9.71. The Morgan fingerprint density at radius 1 is 1.31 bits per heavy atom. The van der Waals surface area contributed by atoms with Crippen LogP contribution in [0.3, 0.4) is 0 Å². The quantitative estimate of drug-likeness (QED) is 0.525. The maximum absolute atomic E-state index is 14.8. The van der Waals surface area contributed by atoms with Crippen molar-refractivity contribution in [3.05, 3.63) is 69.9 Å². The highest BCUT2D eigenvalue weighted by Gasteiger charge is 2.46. The average Bonchev–Trinajstić information content (AvgIpc) is 3.24. The zero-order valence-electron chi connectivity index (χ0n) is 19.8. The predicted molar refractivity (Wildman–Crippen MR) is 133 cm³/mol. The van der Waals surface area contributed by atoms with Gasteiger partial charge in [-0.25, -0.2) is 13.8 Å². The first-order valence-electron chi connectivity index (χ1n) is 11.7. The van der Waals surface area contributed by atoms with Crippen molar-refractivity contribution in [2.24, 2.45) is 10.4 Å². The number of nitrogens with one attached hydrogen (secondary N) is 1. The number of carboxylic acid groups (broad SMARTS) is 1. The van der Waals surface area contributed by atoms with Crippen LogP contribution < -0.4 is 5.32 Å². The zero-order valence-corrected chi connectivity index (χ0v) is 20.6. The van der Waals surface area contributed by atoms with Gasteiger partial charge in [0.1, 0.15) is 23.3 Å². The largest absolute Gasteiger partial charge is 0.481 e. The highest BCUT2D eigenvalue weighted by atomic mass is 35.5. The monoisotopic (exact) mass is 502 g/mol. The van der Waals surface area contributed by atoms with E-state index in [0.717, 1.165) is 5.57 Å². The summed E-state index contributed by atoms with van der Waals surface area (Å²) in [6.45, 7) is 5.33. The molecule has 2 aromatic rings. The van der Waals surface area contributed by atoms with E-state index in [-0.39, 0.29) is 23.2 Å². The van der Waals surface area contributed by atoms with E-state index in [1.807, 2.05) is 19.9 Å². The number of likely N-dealkylation sites (tertiary alicyclic amines) is 1. The minimum Gasteiger partial charge on any atom is -0.481 e. The van der Waals surface area contributed by atoms with Crippen LogP contribution in [0, 0.1) is 17.0 Å². The number of aromatic nitrogens is 1. The number of carboxylic acids is 1. The van der Waals surface area contributed by atoms with E-state index in [9.17, 15) is 18.7 Å². The number of carbonyl (C=O) groups is 1. The van der Waals surface area contributed by atoms with E-state index in [1.54, 1.807) is 12.1 Å². The Hall–Kier alpha value is -2.84. The van der Waals surface area contributed by atoms with Crippen LogP contribution >= 0.6 is 11.6 Å². The molecule has 0 radical (unpaired) electrons. The van der Waals surface area contributed by atoms with Gasteiger partial charge in [0.05, 0.1) is 22.7 Å². The molecule has 1 fully saturated rings. The maximum Gasteiger partial charge on any atom is 0.310 e. The summed E-state index contributed by atoms with van der Waals surface area (Å²) in [5.41, 5.74) is 0.526. The van der Waals surface area contributed by atoms with Gasteiger partial charge in [0.2, 0.25) is 0 Å². The molecule has 2 aliphatic heterocycles. The normalized spacial score (nSPS) is 22.6. The van der Waals surface area contributed by atoms with E-state index in [4.69, 9.17) is 11.6 Å². The number of nitrogens with zero attached hydrogens (tertiary/aromatic N) is 3. The van der Waals surface area contributed by atoms with Gasteiger partial charge < -0.3 is 10.4 Å². The molecule has 6 nitrogen and oxygen atoms in total. The molecule has 2 aliphatic rings. The third kappa shape index (κ3) is 5.54. The van der Waals surface area contributed by atoms with Crippen LogP contribution in [-0.4, -0.2) is 45.9 Å². The van der Waals surface area contributed by atoms with Crippen molar-refractivity contribution in [1.82, 2.24) is 9.88 Å². The molecule has 4 rings (SSSR count). The summed E-state index contributed by atoms with van der Waals surface area (Å²) in [7, 11) is 0. The van der Waals surface area contributed by atoms with Crippen LogP contribution in [0.15, 0.2) is 47.0 Å². The van der Waals surface area contributed by atoms with E-state index in [1.165, 1.54) is 18.2 Å². The van der Waals surface area contributed by atoms with Crippen molar-refractivity contribution < 1.29 is 18.7 Å². The number of rotatable bonds is 7. The molecule has 1 saturated heterocycles. The summed E-state index contributed by atoms with van der Waals surface area (Å²) in [5, 5.41) is 13.4. The molecule has 1 aromatic carbocycles. The number of amidine groups is 1. The van der Waals surface area contributed by atoms with Crippen LogP contribution in [-0.2, 0) is 17.8 Å². The first-order chi connectivity index (χ1) is 16.7. The van der Waals surface area contributed by atoms with E-state index in [0.29, 0.717) is 56.1 Å². The van der Waals surface area contributed by atoms with Crippen LogP contribution in [0.2, 0.25) is 5.02 Å². The molecular weight excluding hydrogens is 474 g/mol. The second-order valence-electron chi connectivity index (χ2n) is 9.40. The predicted octanol–water partition coefficient (Wildman–Crippen LogP) is 5.47. The lowest BCUT2D eigenvalue weighted by Crippen LogP contribution is -2.50. The van der Waals surface area contributed by atoms with Crippen molar-refractivity contribution >= 4 is 29.2 Å². The number of hydrogen-bond donors (Lipinski definition) is 2. The van der Waals surface area contributed by atoms with Gasteiger partial charge >= 0.3 is 5.97 Å². The first-order valence-corrected chi connectivity index (χ1v) is 12.1. The van der Waals surface area contributed by atoms with Crippen molar-refractivity contribution in [3.8, 4) is 0 Å². The van der Waals surface area contributed by atoms with E-state index in [2.05, 4.69) is 20.2 Å². The summed E-state index contributed by atoms with van der Waals surface area (Å²) in [6.07, 6.45) is 3.16. The number of benzene rings is 1. The molecule has 2 unspecified atom stereocenters. The minimum absolute atomic E-state index is 0.0269. The number of aliphatic carboxylic acids is 1. The summed E-state index contributed by atoms with van der Waals surface area (Å²) in [5.74, 6) is -0.886. The average molecular weight is 503 g/mol. The lowest BCUT2D eigenvalue weighted by molar-refractivity contribution is -0.154. The Morgan fingerprint density at radius 3 is 2.80 bits per heavy atom. The molecule has 0 bridgehead atoms. The number of anilines is 1.